The van der Waals surface area contributed by atoms with Gasteiger partial charge in [-0.1, -0.05) is 62.7 Å². The molecular formula is C24H29ClN2O4S. The van der Waals surface area contributed by atoms with E-state index >= 15 is 0 Å². The minimum absolute atomic E-state index is 0.173. The molecule has 0 spiro atoms. The summed E-state index contributed by atoms with van der Waals surface area (Å²) in [6.07, 6.45) is 0.545. The van der Waals surface area contributed by atoms with Gasteiger partial charge in [-0.2, -0.15) is 11.8 Å². The van der Waals surface area contributed by atoms with Gasteiger partial charge in [0.15, 0.2) is 0 Å². The average Bonchev–Trinajstić information content (AvgIpc) is 2.76. The van der Waals surface area contributed by atoms with E-state index in [-0.39, 0.29) is 12.3 Å². The van der Waals surface area contributed by atoms with E-state index in [0.717, 1.165) is 21.8 Å². The fourth-order valence-corrected chi connectivity index (χ4v) is 4.33. The number of nitrogens with one attached hydrogen (secondary N) is 1. The van der Waals surface area contributed by atoms with E-state index in [1.54, 1.807) is 24.3 Å². The molecule has 0 aliphatic rings. The Hall–Kier alpha value is -2.51. The van der Waals surface area contributed by atoms with E-state index in [4.69, 9.17) is 11.6 Å². The number of hydrogen-bond donors (Lipinski definition) is 2. The number of imide groups is 1. The lowest BCUT2D eigenvalue weighted by Gasteiger charge is -2.23. The number of amides is 3. The molecule has 0 aliphatic heterocycles. The maximum atomic E-state index is 13.2. The highest BCUT2D eigenvalue weighted by Gasteiger charge is 2.27. The number of benzene rings is 2. The molecule has 0 saturated carbocycles. The molecule has 2 rings (SSSR count). The van der Waals surface area contributed by atoms with Gasteiger partial charge in [-0.15, -0.1) is 0 Å². The van der Waals surface area contributed by atoms with Crippen LogP contribution in [0.1, 0.15) is 37.6 Å². The molecule has 1 atom stereocenters. The smallest absolute Gasteiger partial charge is 0.327 e. The first kappa shape index (κ1) is 25.7. The summed E-state index contributed by atoms with van der Waals surface area (Å²) in [6, 6.07) is 12.4. The minimum atomic E-state index is -1.13. The molecule has 0 saturated heterocycles. The van der Waals surface area contributed by atoms with Crippen LogP contribution in [0, 0.1) is 5.92 Å². The number of rotatable bonds is 10. The van der Waals surface area contributed by atoms with Gasteiger partial charge in [-0.3, -0.25) is 9.69 Å². The number of aliphatic carboxylic acids is 1. The molecule has 3 amide bonds. The van der Waals surface area contributed by atoms with Crippen molar-refractivity contribution < 1.29 is 19.5 Å². The molecule has 0 radical (unpaired) electrons. The largest absolute Gasteiger partial charge is 0.480 e. The molecule has 2 N–H and O–H groups in total. The van der Waals surface area contributed by atoms with Crippen LogP contribution in [-0.2, 0) is 4.79 Å². The number of hydrogen-bond acceptors (Lipinski definition) is 4. The van der Waals surface area contributed by atoms with Crippen molar-refractivity contribution in [3.05, 3.63) is 59.1 Å². The number of carbonyl (C=O) groups is 3. The predicted molar refractivity (Wildman–Crippen MR) is 130 cm³/mol. The van der Waals surface area contributed by atoms with Crippen LogP contribution in [0.3, 0.4) is 0 Å². The second-order valence-corrected chi connectivity index (χ2v) is 9.27. The molecule has 0 aromatic heterocycles. The third-order valence-electron chi connectivity index (χ3n) is 4.56. The highest BCUT2D eigenvalue weighted by atomic mass is 35.5. The molecule has 2 aromatic carbocycles. The van der Waals surface area contributed by atoms with E-state index in [2.05, 4.69) is 5.32 Å². The minimum Gasteiger partial charge on any atom is -0.480 e. The third-order valence-corrected chi connectivity index (χ3v) is 6.36. The lowest BCUT2D eigenvalue weighted by atomic mass is 10.0. The van der Waals surface area contributed by atoms with Gasteiger partial charge in [-0.25, -0.2) is 9.59 Å². The second-order valence-electron chi connectivity index (χ2n) is 7.79. The Morgan fingerprint density at radius 3 is 2.44 bits per heavy atom. The van der Waals surface area contributed by atoms with Crippen molar-refractivity contribution in [2.24, 2.45) is 5.92 Å². The molecule has 0 aliphatic carbocycles. The first-order valence-electron chi connectivity index (χ1n) is 10.5. The van der Waals surface area contributed by atoms with Crippen LogP contribution in [-0.4, -0.2) is 52.0 Å². The zero-order valence-electron chi connectivity index (χ0n) is 18.5. The Kier molecular flexibility index (Phi) is 10.1. The lowest BCUT2D eigenvalue weighted by Crippen LogP contribution is -2.51. The Balaban J connectivity index is 2.21. The summed E-state index contributed by atoms with van der Waals surface area (Å²) in [6.45, 7) is 6.10. The van der Waals surface area contributed by atoms with E-state index in [1.165, 1.54) is 11.8 Å². The van der Waals surface area contributed by atoms with Crippen molar-refractivity contribution >= 4 is 41.3 Å². The normalized spacial score (nSPS) is 11.8. The maximum absolute atomic E-state index is 13.2. The van der Waals surface area contributed by atoms with Crippen LogP contribution in [0.4, 0.5) is 4.79 Å². The molecule has 2 aromatic rings. The fraction of sp³-hybridized carbons (Fsp3) is 0.375. The van der Waals surface area contributed by atoms with Gasteiger partial charge >= 0.3 is 12.0 Å². The molecule has 32 heavy (non-hydrogen) atoms. The molecule has 0 unspecified atom stereocenters. The summed E-state index contributed by atoms with van der Waals surface area (Å²) in [5.74, 6) is -0.188. The molecule has 0 heterocycles. The number of halogens is 1. The zero-order chi connectivity index (χ0) is 23.7. The van der Waals surface area contributed by atoms with Gasteiger partial charge in [0.1, 0.15) is 6.04 Å². The third kappa shape index (κ3) is 7.28. The first-order valence-corrected chi connectivity index (χ1v) is 12.1. The van der Waals surface area contributed by atoms with Gasteiger partial charge in [0, 0.05) is 28.4 Å². The Morgan fingerprint density at radius 1 is 1.09 bits per heavy atom. The van der Waals surface area contributed by atoms with E-state index in [9.17, 15) is 19.5 Å². The number of nitrogens with zero attached hydrogens (tertiary/aromatic N) is 1. The number of thioether (sulfide) groups is 1. The van der Waals surface area contributed by atoms with Crippen molar-refractivity contribution in [2.75, 3.05) is 18.1 Å². The highest BCUT2D eigenvalue weighted by Crippen LogP contribution is 2.28. The summed E-state index contributed by atoms with van der Waals surface area (Å²) in [5, 5.41) is 12.6. The monoisotopic (exact) mass is 476 g/mol. The molecule has 172 valence electrons. The average molecular weight is 477 g/mol. The van der Waals surface area contributed by atoms with Crippen LogP contribution in [0.2, 0.25) is 5.02 Å². The molecule has 8 heteroatoms. The number of urea groups is 1. The predicted octanol–water partition coefficient (Wildman–Crippen LogP) is 5.41. The number of carbonyl (C=O) groups excluding carboxylic acids is 2. The van der Waals surface area contributed by atoms with Crippen molar-refractivity contribution in [2.45, 2.75) is 33.2 Å². The summed E-state index contributed by atoms with van der Waals surface area (Å²) in [4.78, 5) is 38.7. The van der Waals surface area contributed by atoms with Gasteiger partial charge in [0.25, 0.3) is 5.91 Å². The van der Waals surface area contributed by atoms with Gasteiger partial charge in [-0.05, 0) is 41.9 Å². The molecule has 0 bridgehead atoms. The Bertz CT molecular complexity index is 951. The lowest BCUT2D eigenvalue weighted by molar-refractivity contribution is -0.138. The van der Waals surface area contributed by atoms with E-state index < -0.39 is 23.9 Å². The maximum Gasteiger partial charge on any atom is 0.327 e. The first-order chi connectivity index (χ1) is 15.2. The summed E-state index contributed by atoms with van der Waals surface area (Å²) in [5.41, 5.74) is 1.86. The number of carboxylic acid groups (broad SMARTS) is 1. The topological polar surface area (TPSA) is 86.7 Å². The van der Waals surface area contributed by atoms with Gasteiger partial charge < -0.3 is 10.4 Å². The Morgan fingerprint density at radius 2 is 1.81 bits per heavy atom. The van der Waals surface area contributed by atoms with E-state index in [0.29, 0.717) is 22.9 Å². The van der Waals surface area contributed by atoms with Crippen LogP contribution < -0.4 is 5.32 Å². The van der Waals surface area contributed by atoms with Gasteiger partial charge in [0.05, 0.1) is 0 Å². The van der Waals surface area contributed by atoms with Crippen LogP contribution >= 0.6 is 23.4 Å². The SMILES string of the molecule is CCCN(C(=O)N[C@@H](CSCC(C)C)C(=O)O)C(=O)c1cccc(-c2ccccc2Cl)c1. The van der Waals surface area contributed by atoms with E-state index in [1.807, 2.05) is 45.0 Å². The van der Waals surface area contributed by atoms with Crippen LogP contribution in [0.5, 0.6) is 0 Å². The van der Waals surface area contributed by atoms with Crippen molar-refractivity contribution in [1.82, 2.24) is 10.2 Å². The second kappa shape index (κ2) is 12.5. The highest BCUT2D eigenvalue weighted by molar-refractivity contribution is 7.99. The number of carboxylic acids is 1. The molecular weight excluding hydrogens is 448 g/mol. The Labute approximate surface area is 198 Å². The standard InChI is InChI=1S/C24H29ClN2O4S/c1-4-12-27(24(31)26-21(23(29)30)15-32-14-16(2)3)22(28)18-9-7-8-17(13-18)19-10-5-6-11-20(19)25/h5-11,13,16,21H,4,12,14-15H2,1-3H3,(H,26,31)(H,29,30)/t21-/m0/s1. The summed E-state index contributed by atoms with van der Waals surface area (Å²) in [7, 11) is 0. The van der Waals surface area contributed by atoms with Crippen molar-refractivity contribution in [1.29, 1.82) is 0 Å². The van der Waals surface area contributed by atoms with Gasteiger partial charge in [0.2, 0.25) is 0 Å². The summed E-state index contributed by atoms with van der Waals surface area (Å²) >= 11 is 7.74. The van der Waals surface area contributed by atoms with Crippen LogP contribution in [0.15, 0.2) is 48.5 Å². The molecule has 0 fully saturated rings. The fourth-order valence-electron chi connectivity index (χ4n) is 3.01. The zero-order valence-corrected chi connectivity index (χ0v) is 20.1. The van der Waals surface area contributed by atoms with Crippen molar-refractivity contribution in [3.63, 3.8) is 0 Å². The van der Waals surface area contributed by atoms with Crippen LogP contribution in [0.25, 0.3) is 11.1 Å². The van der Waals surface area contributed by atoms with Crippen molar-refractivity contribution in [3.8, 4) is 11.1 Å². The quantitative estimate of drug-likeness (QED) is 0.478. The molecule has 6 nitrogen and oxygen atoms in total. The summed E-state index contributed by atoms with van der Waals surface area (Å²) < 4.78 is 0.